The number of rotatable bonds is 3. The molecule has 0 spiro atoms. The molecule has 0 atom stereocenters. The van der Waals surface area contributed by atoms with E-state index >= 15 is 0 Å². The van der Waals surface area contributed by atoms with Gasteiger partial charge in [-0.25, -0.2) is 4.68 Å². The average molecular weight is 259 g/mol. The predicted octanol–water partition coefficient (Wildman–Crippen LogP) is 0.701. The van der Waals surface area contributed by atoms with E-state index in [2.05, 4.69) is 26.5 Å². The van der Waals surface area contributed by atoms with Crippen molar-refractivity contribution in [1.82, 2.24) is 9.78 Å². The smallest absolute Gasteiger partial charge is 0.283 e. The molecule has 5 nitrogen and oxygen atoms in total. The molecular weight excluding hydrogens is 248 g/mol. The minimum atomic E-state index is -0.132. The third-order valence-electron chi connectivity index (χ3n) is 2.27. The summed E-state index contributed by atoms with van der Waals surface area (Å²) < 4.78 is 1.92. The maximum Gasteiger partial charge on any atom is 0.283 e. The first-order chi connectivity index (χ1) is 6.72. The van der Waals surface area contributed by atoms with Gasteiger partial charge < -0.3 is 5.43 Å². The van der Waals surface area contributed by atoms with Gasteiger partial charge in [0, 0.05) is 6.54 Å². The van der Waals surface area contributed by atoms with Gasteiger partial charge in [0.1, 0.15) is 4.47 Å². The molecule has 1 heterocycles. The van der Waals surface area contributed by atoms with E-state index < -0.39 is 0 Å². The molecule has 1 aliphatic carbocycles. The number of aromatic nitrogens is 2. The molecule has 14 heavy (non-hydrogen) atoms. The van der Waals surface area contributed by atoms with Gasteiger partial charge in [0.2, 0.25) is 0 Å². The second-order valence-corrected chi connectivity index (χ2v) is 4.24. The fraction of sp³-hybridized carbons (Fsp3) is 0.500. The number of nitrogens with zero attached hydrogens (tertiary/aromatic N) is 2. The molecule has 0 saturated heterocycles. The summed E-state index contributed by atoms with van der Waals surface area (Å²) in [6.07, 6.45) is 3.94. The Morgan fingerprint density at radius 1 is 1.71 bits per heavy atom. The third-order valence-corrected chi connectivity index (χ3v) is 3.03. The zero-order chi connectivity index (χ0) is 10.1. The van der Waals surface area contributed by atoms with Crippen molar-refractivity contribution in [3.63, 3.8) is 0 Å². The molecule has 0 unspecified atom stereocenters. The van der Waals surface area contributed by atoms with Gasteiger partial charge in [0.25, 0.3) is 5.56 Å². The van der Waals surface area contributed by atoms with E-state index in [1.54, 1.807) is 6.20 Å². The minimum Gasteiger partial charge on any atom is -0.321 e. The van der Waals surface area contributed by atoms with E-state index in [9.17, 15) is 4.79 Å². The number of nitrogens with one attached hydrogen (secondary N) is 1. The van der Waals surface area contributed by atoms with Crippen molar-refractivity contribution < 1.29 is 0 Å². The molecule has 1 saturated carbocycles. The molecule has 0 aromatic carbocycles. The summed E-state index contributed by atoms with van der Waals surface area (Å²) in [6.45, 7) is 0.711. The van der Waals surface area contributed by atoms with E-state index in [4.69, 9.17) is 5.84 Å². The van der Waals surface area contributed by atoms with Crippen molar-refractivity contribution in [2.45, 2.75) is 19.4 Å². The molecule has 76 valence electrons. The summed E-state index contributed by atoms with van der Waals surface area (Å²) in [7, 11) is 0. The Hall–Kier alpha value is -0.880. The summed E-state index contributed by atoms with van der Waals surface area (Å²) in [6, 6.07) is 0. The van der Waals surface area contributed by atoms with Gasteiger partial charge in [-0.3, -0.25) is 10.6 Å². The first kappa shape index (κ1) is 9.67. The number of hydrogen-bond donors (Lipinski definition) is 2. The van der Waals surface area contributed by atoms with E-state index in [1.165, 1.54) is 17.5 Å². The molecule has 2 rings (SSSR count). The number of halogens is 1. The van der Waals surface area contributed by atoms with Crippen molar-refractivity contribution in [2.75, 3.05) is 5.43 Å². The summed E-state index contributed by atoms with van der Waals surface area (Å²) in [5.41, 5.74) is 2.79. The summed E-state index contributed by atoms with van der Waals surface area (Å²) >= 11 is 3.19. The molecule has 1 fully saturated rings. The topological polar surface area (TPSA) is 72.9 Å². The van der Waals surface area contributed by atoms with Crippen LogP contribution in [0.25, 0.3) is 0 Å². The van der Waals surface area contributed by atoms with Crippen LogP contribution in [-0.4, -0.2) is 9.78 Å². The fourth-order valence-electron chi connectivity index (χ4n) is 1.24. The van der Waals surface area contributed by atoms with Gasteiger partial charge in [0.05, 0.1) is 11.9 Å². The van der Waals surface area contributed by atoms with Crippen LogP contribution in [0.4, 0.5) is 5.69 Å². The standard InChI is InChI=1S/C8H11BrN4O/c9-7-6(12-10)3-11-13(8(7)14)4-5-1-2-5/h3,5,12H,1-2,4,10H2. The van der Waals surface area contributed by atoms with Crippen LogP contribution in [0.2, 0.25) is 0 Å². The van der Waals surface area contributed by atoms with Crippen LogP contribution >= 0.6 is 15.9 Å². The molecule has 3 N–H and O–H groups in total. The molecule has 0 aliphatic heterocycles. The van der Waals surface area contributed by atoms with Crippen LogP contribution < -0.4 is 16.8 Å². The number of hydrazine groups is 1. The van der Waals surface area contributed by atoms with Gasteiger partial charge in [-0.15, -0.1) is 0 Å². The zero-order valence-corrected chi connectivity index (χ0v) is 9.12. The lowest BCUT2D eigenvalue weighted by atomic mass is 10.4. The first-order valence-corrected chi connectivity index (χ1v) is 5.24. The zero-order valence-electron chi connectivity index (χ0n) is 7.53. The Bertz CT molecular complexity index is 399. The molecular formula is C8H11BrN4O. The largest absolute Gasteiger partial charge is 0.321 e. The van der Waals surface area contributed by atoms with Crippen LogP contribution in [-0.2, 0) is 6.54 Å². The van der Waals surface area contributed by atoms with Gasteiger partial charge in [0.15, 0.2) is 0 Å². The van der Waals surface area contributed by atoms with E-state index in [0.29, 0.717) is 22.6 Å². The van der Waals surface area contributed by atoms with Crippen molar-refractivity contribution in [3.8, 4) is 0 Å². The average Bonchev–Trinajstić information content (AvgIpc) is 2.97. The van der Waals surface area contributed by atoms with Crippen molar-refractivity contribution in [1.29, 1.82) is 0 Å². The quantitative estimate of drug-likeness (QED) is 0.619. The second kappa shape index (κ2) is 3.70. The van der Waals surface area contributed by atoms with Crippen LogP contribution in [0.15, 0.2) is 15.5 Å². The number of nitrogen functional groups attached to an aromatic ring is 1. The lowest BCUT2D eigenvalue weighted by Crippen LogP contribution is -2.26. The van der Waals surface area contributed by atoms with Crippen LogP contribution in [0.1, 0.15) is 12.8 Å². The Morgan fingerprint density at radius 2 is 2.43 bits per heavy atom. The third kappa shape index (κ3) is 1.80. The Balaban J connectivity index is 2.32. The van der Waals surface area contributed by atoms with Crippen LogP contribution in [0, 0.1) is 5.92 Å². The molecule has 1 aromatic rings. The second-order valence-electron chi connectivity index (χ2n) is 3.45. The van der Waals surface area contributed by atoms with Gasteiger partial charge in [-0.2, -0.15) is 5.10 Å². The highest BCUT2D eigenvalue weighted by Crippen LogP contribution is 2.30. The highest BCUT2D eigenvalue weighted by Gasteiger charge is 2.23. The lowest BCUT2D eigenvalue weighted by molar-refractivity contribution is 0.532. The Kier molecular flexibility index (Phi) is 2.56. The number of nitrogens with two attached hydrogens (primary N) is 1. The summed E-state index contributed by atoms with van der Waals surface area (Å²) in [4.78, 5) is 11.7. The van der Waals surface area contributed by atoms with Crippen molar-refractivity contribution in [2.24, 2.45) is 11.8 Å². The monoisotopic (exact) mass is 258 g/mol. The molecule has 0 radical (unpaired) electrons. The Labute approximate surface area is 89.4 Å². The van der Waals surface area contributed by atoms with Gasteiger partial charge in [-0.1, -0.05) is 0 Å². The Morgan fingerprint density at radius 3 is 3.00 bits per heavy atom. The van der Waals surface area contributed by atoms with Gasteiger partial charge in [-0.05, 0) is 34.7 Å². The molecule has 1 aliphatic rings. The van der Waals surface area contributed by atoms with Crippen LogP contribution in [0.3, 0.4) is 0 Å². The van der Waals surface area contributed by atoms with E-state index in [-0.39, 0.29) is 5.56 Å². The minimum absolute atomic E-state index is 0.132. The molecule has 0 bridgehead atoms. The molecule has 0 amide bonds. The van der Waals surface area contributed by atoms with Crippen LogP contribution in [0.5, 0.6) is 0 Å². The van der Waals surface area contributed by atoms with E-state index in [0.717, 1.165) is 0 Å². The highest BCUT2D eigenvalue weighted by molar-refractivity contribution is 9.10. The van der Waals surface area contributed by atoms with Gasteiger partial charge >= 0.3 is 0 Å². The molecule has 1 aromatic heterocycles. The normalized spacial score (nSPS) is 15.6. The maximum atomic E-state index is 11.7. The number of anilines is 1. The van der Waals surface area contributed by atoms with E-state index in [1.807, 2.05) is 0 Å². The fourth-order valence-corrected chi connectivity index (χ4v) is 1.66. The lowest BCUT2D eigenvalue weighted by Gasteiger charge is -2.06. The van der Waals surface area contributed by atoms with Crippen molar-refractivity contribution >= 4 is 21.6 Å². The number of hydrogen-bond acceptors (Lipinski definition) is 4. The molecule has 6 heteroatoms. The maximum absolute atomic E-state index is 11.7. The first-order valence-electron chi connectivity index (χ1n) is 4.44. The summed E-state index contributed by atoms with van der Waals surface area (Å²) in [5.74, 6) is 5.84. The highest BCUT2D eigenvalue weighted by atomic mass is 79.9. The summed E-state index contributed by atoms with van der Waals surface area (Å²) in [5, 5.41) is 4.02. The predicted molar refractivity (Wildman–Crippen MR) is 56.7 cm³/mol. The van der Waals surface area contributed by atoms with Crippen molar-refractivity contribution in [3.05, 3.63) is 21.0 Å². The SMILES string of the molecule is NNc1cnn(CC2CC2)c(=O)c1Br.